The summed E-state index contributed by atoms with van der Waals surface area (Å²) >= 11 is 0. The van der Waals surface area contributed by atoms with E-state index in [9.17, 15) is 4.79 Å². The van der Waals surface area contributed by atoms with E-state index in [1.165, 1.54) is 0 Å². The number of nitriles is 1. The first-order valence-corrected chi connectivity index (χ1v) is 8.03. The number of hydrogen-bond acceptors (Lipinski definition) is 4. The lowest BCUT2D eigenvalue weighted by atomic mass is 9.46. The van der Waals surface area contributed by atoms with E-state index in [1.54, 1.807) is 0 Å². The predicted octanol–water partition coefficient (Wildman–Crippen LogP) is 1.42. The zero-order valence-electron chi connectivity index (χ0n) is 13.0. The fourth-order valence-corrected chi connectivity index (χ4v) is 4.25. The quantitative estimate of drug-likeness (QED) is 0.849. The number of amides is 1. The fourth-order valence-electron chi connectivity index (χ4n) is 4.25. The van der Waals surface area contributed by atoms with Gasteiger partial charge in [-0.15, -0.1) is 0 Å². The standard InChI is InChI=1S/C16H25N3O2/c1-15(2)13-12(5-3-10-21-13)16(15,18)14(20)19(9-4-8-17)11-6-7-11/h11-13H,3-7,9-10,18H2,1-2H3. The number of fused-ring (bicyclic) bond motifs is 1. The maximum atomic E-state index is 13.1. The molecule has 3 atom stereocenters. The van der Waals surface area contributed by atoms with Crippen molar-refractivity contribution in [2.45, 2.75) is 63.6 Å². The minimum absolute atomic E-state index is 0.0389. The normalized spacial score (nSPS) is 37.0. The molecule has 5 nitrogen and oxygen atoms in total. The van der Waals surface area contributed by atoms with Crippen molar-refractivity contribution in [1.82, 2.24) is 4.90 Å². The summed E-state index contributed by atoms with van der Waals surface area (Å²) in [5.74, 6) is 0.161. The lowest BCUT2D eigenvalue weighted by Crippen LogP contribution is -2.82. The highest BCUT2D eigenvalue weighted by molar-refractivity contribution is 5.90. The first-order valence-electron chi connectivity index (χ1n) is 8.03. The molecule has 1 heterocycles. The largest absolute Gasteiger partial charge is 0.377 e. The van der Waals surface area contributed by atoms with Gasteiger partial charge in [0.15, 0.2) is 0 Å². The Bertz CT molecular complexity index is 480. The Morgan fingerprint density at radius 3 is 2.76 bits per heavy atom. The van der Waals surface area contributed by atoms with Gasteiger partial charge >= 0.3 is 0 Å². The summed E-state index contributed by atoms with van der Waals surface area (Å²) in [5, 5.41) is 8.82. The second-order valence-corrected chi connectivity index (χ2v) is 7.27. The average Bonchev–Trinajstić information content (AvgIpc) is 3.31. The van der Waals surface area contributed by atoms with E-state index in [-0.39, 0.29) is 23.3 Å². The predicted molar refractivity (Wildman–Crippen MR) is 78.1 cm³/mol. The van der Waals surface area contributed by atoms with Crippen molar-refractivity contribution in [3.05, 3.63) is 0 Å². The van der Waals surface area contributed by atoms with Gasteiger partial charge in [0.25, 0.3) is 0 Å². The van der Waals surface area contributed by atoms with Crippen molar-refractivity contribution < 1.29 is 9.53 Å². The Morgan fingerprint density at radius 1 is 1.43 bits per heavy atom. The Kier molecular flexibility index (Phi) is 3.50. The number of nitrogens with two attached hydrogens (primary N) is 1. The van der Waals surface area contributed by atoms with Crippen LogP contribution in [0.1, 0.15) is 46.0 Å². The lowest BCUT2D eigenvalue weighted by Gasteiger charge is -2.65. The summed E-state index contributed by atoms with van der Waals surface area (Å²) in [6.45, 7) is 5.38. The highest BCUT2D eigenvalue weighted by atomic mass is 16.5. The van der Waals surface area contributed by atoms with Crippen LogP contribution in [0.2, 0.25) is 0 Å². The molecule has 0 aromatic heterocycles. The van der Waals surface area contributed by atoms with Crippen LogP contribution in [0.4, 0.5) is 0 Å². The van der Waals surface area contributed by atoms with Gasteiger partial charge in [-0.1, -0.05) is 13.8 Å². The van der Waals surface area contributed by atoms with Crippen molar-refractivity contribution in [3.63, 3.8) is 0 Å². The van der Waals surface area contributed by atoms with Gasteiger partial charge in [0.1, 0.15) is 5.54 Å². The smallest absolute Gasteiger partial charge is 0.243 e. The topological polar surface area (TPSA) is 79.3 Å². The van der Waals surface area contributed by atoms with E-state index in [4.69, 9.17) is 15.7 Å². The van der Waals surface area contributed by atoms with Crippen LogP contribution in [-0.4, -0.2) is 41.6 Å². The van der Waals surface area contributed by atoms with E-state index in [0.29, 0.717) is 19.0 Å². The van der Waals surface area contributed by atoms with Crippen molar-refractivity contribution in [1.29, 1.82) is 5.26 Å². The van der Waals surface area contributed by atoms with Gasteiger partial charge < -0.3 is 15.4 Å². The first-order chi connectivity index (χ1) is 9.94. The second kappa shape index (κ2) is 4.96. The minimum atomic E-state index is -0.837. The molecule has 3 aliphatic rings. The molecule has 1 aliphatic heterocycles. The van der Waals surface area contributed by atoms with Crippen LogP contribution in [0.25, 0.3) is 0 Å². The summed E-state index contributed by atoms with van der Waals surface area (Å²) in [7, 11) is 0. The molecule has 0 bridgehead atoms. The van der Waals surface area contributed by atoms with Crippen LogP contribution in [0.3, 0.4) is 0 Å². The van der Waals surface area contributed by atoms with Crippen LogP contribution >= 0.6 is 0 Å². The first kappa shape index (κ1) is 14.8. The van der Waals surface area contributed by atoms with Crippen LogP contribution in [0, 0.1) is 22.7 Å². The number of nitrogens with zero attached hydrogens (tertiary/aromatic N) is 2. The van der Waals surface area contributed by atoms with Gasteiger partial charge in [0.05, 0.1) is 18.6 Å². The molecule has 5 heteroatoms. The maximum Gasteiger partial charge on any atom is 0.243 e. The monoisotopic (exact) mass is 291 g/mol. The Hall–Kier alpha value is -1.12. The number of hydrogen-bond donors (Lipinski definition) is 1. The number of carbonyl (C=O) groups excluding carboxylic acids is 1. The van der Waals surface area contributed by atoms with Crippen molar-refractivity contribution in [2.24, 2.45) is 17.1 Å². The van der Waals surface area contributed by atoms with E-state index in [2.05, 4.69) is 6.07 Å². The molecule has 0 radical (unpaired) electrons. The molecule has 3 rings (SSSR count). The van der Waals surface area contributed by atoms with E-state index in [1.807, 2.05) is 18.7 Å². The Balaban J connectivity index is 1.83. The molecule has 0 aromatic rings. The number of ether oxygens (including phenoxy) is 1. The van der Waals surface area contributed by atoms with Gasteiger partial charge in [-0.25, -0.2) is 0 Å². The molecule has 1 amide bonds. The van der Waals surface area contributed by atoms with Crippen molar-refractivity contribution >= 4 is 5.91 Å². The summed E-state index contributed by atoms with van der Waals surface area (Å²) in [6, 6.07) is 2.44. The third-order valence-electron chi connectivity index (χ3n) is 5.75. The highest BCUT2D eigenvalue weighted by Gasteiger charge is 2.71. The molecule has 3 unspecified atom stereocenters. The SMILES string of the molecule is CC1(C)C2OCCCC2C1(N)C(=O)N(CCC#N)C1CC1. The van der Waals surface area contributed by atoms with Crippen LogP contribution in [0.5, 0.6) is 0 Å². The zero-order chi connectivity index (χ0) is 15.3. The molecular formula is C16H25N3O2. The van der Waals surface area contributed by atoms with Gasteiger partial charge in [0.2, 0.25) is 5.91 Å². The molecule has 2 aliphatic carbocycles. The van der Waals surface area contributed by atoms with Gasteiger partial charge in [-0.05, 0) is 25.7 Å². The van der Waals surface area contributed by atoms with Crippen molar-refractivity contribution in [3.8, 4) is 6.07 Å². The second-order valence-electron chi connectivity index (χ2n) is 7.27. The van der Waals surface area contributed by atoms with Crippen LogP contribution in [0.15, 0.2) is 0 Å². The molecular weight excluding hydrogens is 266 g/mol. The maximum absolute atomic E-state index is 13.1. The molecule has 0 aromatic carbocycles. The molecule has 2 saturated carbocycles. The van der Waals surface area contributed by atoms with Gasteiger partial charge in [-0.3, -0.25) is 4.79 Å². The molecule has 1 saturated heterocycles. The average molecular weight is 291 g/mol. The molecule has 0 spiro atoms. The number of rotatable bonds is 4. The Morgan fingerprint density at radius 2 is 2.14 bits per heavy atom. The van der Waals surface area contributed by atoms with E-state index < -0.39 is 5.54 Å². The Labute approximate surface area is 126 Å². The molecule has 21 heavy (non-hydrogen) atoms. The zero-order valence-corrected chi connectivity index (χ0v) is 13.0. The highest BCUT2D eigenvalue weighted by Crippen LogP contribution is 2.58. The molecule has 2 N–H and O–H groups in total. The summed E-state index contributed by atoms with van der Waals surface area (Å²) in [5.41, 5.74) is 5.49. The third-order valence-corrected chi connectivity index (χ3v) is 5.75. The minimum Gasteiger partial charge on any atom is -0.377 e. The third kappa shape index (κ3) is 2.00. The van der Waals surface area contributed by atoms with Gasteiger partial charge in [0, 0.05) is 30.5 Å². The van der Waals surface area contributed by atoms with E-state index >= 15 is 0 Å². The van der Waals surface area contributed by atoms with Crippen molar-refractivity contribution in [2.75, 3.05) is 13.2 Å². The summed E-state index contributed by atoms with van der Waals surface area (Å²) in [4.78, 5) is 15.0. The van der Waals surface area contributed by atoms with E-state index in [0.717, 1.165) is 32.3 Å². The fraction of sp³-hybridized carbons (Fsp3) is 0.875. The number of carbonyl (C=O) groups is 1. The van der Waals surface area contributed by atoms with Crippen LogP contribution in [-0.2, 0) is 9.53 Å². The van der Waals surface area contributed by atoms with Crippen LogP contribution < -0.4 is 5.73 Å². The summed E-state index contributed by atoms with van der Waals surface area (Å²) in [6.07, 6.45) is 4.50. The lowest BCUT2D eigenvalue weighted by molar-refractivity contribution is -0.230. The molecule has 116 valence electrons. The molecule has 3 fully saturated rings. The summed E-state index contributed by atoms with van der Waals surface area (Å²) < 4.78 is 5.87. The van der Waals surface area contributed by atoms with Gasteiger partial charge in [-0.2, -0.15) is 5.26 Å².